The first-order valence-corrected chi connectivity index (χ1v) is 8.23. The number of benzene rings is 1. The summed E-state index contributed by atoms with van der Waals surface area (Å²) >= 11 is 0. The molecule has 0 aliphatic carbocycles. The average Bonchev–Trinajstić information content (AvgIpc) is 3.30. The van der Waals surface area contributed by atoms with E-state index >= 15 is 0 Å². The third-order valence-corrected chi connectivity index (χ3v) is 4.03. The third-order valence-electron chi connectivity index (χ3n) is 4.03. The Balaban J connectivity index is 1.62. The number of aryl methyl sites for hydroxylation is 1. The summed E-state index contributed by atoms with van der Waals surface area (Å²) in [5.41, 5.74) is 2.51. The van der Waals surface area contributed by atoms with Crippen molar-refractivity contribution in [2.24, 2.45) is 7.05 Å². The van der Waals surface area contributed by atoms with Crippen LogP contribution in [0.3, 0.4) is 0 Å². The fourth-order valence-electron chi connectivity index (χ4n) is 2.65. The zero-order valence-corrected chi connectivity index (χ0v) is 15.0. The van der Waals surface area contributed by atoms with Crippen molar-refractivity contribution in [3.05, 3.63) is 60.2 Å². The Bertz CT molecular complexity index is 868. The highest BCUT2D eigenvalue weighted by Crippen LogP contribution is 2.15. The van der Waals surface area contributed by atoms with Crippen molar-refractivity contribution in [2.75, 3.05) is 14.2 Å². The number of methoxy groups -OCH3 is 1. The van der Waals surface area contributed by atoms with Crippen LogP contribution in [0.1, 0.15) is 17.3 Å². The van der Waals surface area contributed by atoms with Crippen LogP contribution in [0.15, 0.2) is 48.9 Å². The van der Waals surface area contributed by atoms with Gasteiger partial charge in [0.05, 0.1) is 31.2 Å². The number of likely N-dealkylation sites (N-methyl/N-ethyl adjacent to an activating group) is 1. The van der Waals surface area contributed by atoms with Gasteiger partial charge in [-0.05, 0) is 37.4 Å². The molecule has 8 heteroatoms. The van der Waals surface area contributed by atoms with E-state index in [0.29, 0.717) is 6.54 Å². The quantitative estimate of drug-likeness (QED) is 0.666. The van der Waals surface area contributed by atoms with Gasteiger partial charge in [-0.15, -0.1) is 0 Å². The number of ether oxygens (including phenoxy) is 1. The average molecular weight is 354 g/mol. The summed E-state index contributed by atoms with van der Waals surface area (Å²) in [6, 6.07) is 9.03. The van der Waals surface area contributed by atoms with Gasteiger partial charge in [0.15, 0.2) is 0 Å². The maximum absolute atomic E-state index is 12.4. The maximum Gasteiger partial charge on any atom is 0.242 e. The van der Waals surface area contributed by atoms with Gasteiger partial charge in [-0.3, -0.25) is 9.48 Å². The van der Waals surface area contributed by atoms with Crippen molar-refractivity contribution >= 4 is 5.91 Å². The maximum atomic E-state index is 12.4. The highest BCUT2D eigenvalue weighted by molar-refractivity contribution is 5.82. The van der Waals surface area contributed by atoms with Crippen molar-refractivity contribution in [3.63, 3.8) is 0 Å². The fraction of sp³-hybridized carbons (Fsp3) is 0.278. The second kappa shape index (κ2) is 7.83. The molecule has 26 heavy (non-hydrogen) atoms. The molecule has 2 N–H and O–H groups in total. The first-order valence-electron chi connectivity index (χ1n) is 8.23. The molecule has 1 unspecified atom stereocenters. The Morgan fingerprint density at radius 2 is 2.04 bits per heavy atom. The van der Waals surface area contributed by atoms with E-state index in [9.17, 15) is 4.79 Å². The number of carbonyl (C=O) groups excluding carboxylic acids is 1. The zero-order chi connectivity index (χ0) is 18.5. The molecule has 3 rings (SSSR count). The predicted octanol–water partition coefficient (Wildman–Crippen LogP) is 1.19. The van der Waals surface area contributed by atoms with Crippen molar-refractivity contribution in [2.45, 2.75) is 12.6 Å². The molecule has 3 aromatic rings. The van der Waals surface area contributed by atoms with Crippen LogP contribution in [0, 0.1) is 0 Å². The van der Waals surface area contributed by atoms with Crippen LogP contribution in [0.4, 0.5) is 0 Å². The van der Waals surface area contributed by atoms with Gasteiger partial charge in [0.2, 0.25) is 5.91 Å². The molecule has 0 aliphatic rings. The van der Waals surface area contributed by atoms with Gasteiger partial charge in [0.1, 0.15) is 11.8 Å². The second-order valence-electron chi connectivity index (χ2n) is 5.84. The Labute approximate surface area is 151 Å². The summed E-state index contributed by atoms with van der Waals surface area (Å²) in [5.74, 6) is 0.668. The minimum atomic E-state index is -0.452. The molecule has 0 aliphatic heterocycles. The summed E-state index contributed by atoms with van der Waals surface area (Å²) in [4.78, 5) is 12.4. The van der Waals surface area contributed by atoms with Gasteiger partial charge in [-0.25, -0.2) is 4.68 Å². The summed E-state index contributed by atoms with van der Waals surface area (Å²) in [7, 11) is 5.20. The van der Waals surface area contributed by atoms with E-state index in [4.69, 9.17) is 4.74 Å². The molecular weight excluding hydrogens is 332 g/mol. The smallest absolute Gasteiger partial charge is 0.242 e. The summed E-state index contributed by atoms with van der Waals surface area (Å²) < 4.78 is 8.59. The highest BCUT2D eigenvalue weighted by Gasteiger charge is 2.20. The van der Waals surface area contributed by atoms with E-state index in [1.807, 2.05) is 49.8 Å². The summed E-state index contributed by atoms with van der Waals surface area (Å²) in [6.07, 6.45) is 5.36. The molecule has 136 valence electrons. The van der Waals surface area contributed by atoms with Crippen LogP contribution >= 0.6 is 0 Å². The van der Waals surface area contributed by atoms with Gasteiger partial charge in [-0.2, -0.15) is 10.2 Å². The van der Waals surface area contributed by atoms with Crippen LogP contribution in [0.5, 0.6) is 5.75 Å². The molecule has 0 fully saturated rings. The Morgan fingerprint density at radius 3 is 2.65 bits per heavy atom. The lowest BCUT2D eigenvalue weighted by atomic mass is 10.1. The highest BCUT2D eigenvalue weighted by atomic mass is 16.5. The molecule has 1 aromatic carbocycles. The lowest BCUT2D eigenvalue weighted by Gasteiger charge is -2.13. The van der Waals surface area contributed by atoms with Crippen LogP contribution in [0.25, 0.3) is 5.69 Å². The molecule has 0 bridgehead atoms. The third kappa shape index (κ3) is 3.92. The number of aromatic nitrogens is 4. The zero-order valence-electron chi connectivity index (χ0n) is 15.0. The van der Waals surface area contributed by atoms with Gasteiger partial charge in [0, 0.05) is 25.0 Å². The van der Waals surface area contributed by atoms with E-state index in [2.05, 4.69) is 20.8 Å². The molecule has 0 saturated heterocycles. The number of nitrogens with zero attached hydrogens (tertiary/aromatic N) is 4. The predicted molar refractivity (Wildman–Crippen MR) is 97.0 cm³/mol. The normalized spacial score (nSPS) is 12.0. The SMILES string of the molecule is CNC(C(=O)NCc1ccn(-c2ccc(OC)cc2)n1)c1cnn(C)c1. The van der Waals surface area contributed by atoms with E-state index in [1.165, 1.54) is 0 Å². The van der Waals surface area contributed by atoms with Crippen LogP contribution in [-0.4, -0.2) is 39.6 Å². The Hall–Kier alpha value is -3.13. The second-order valence-corrected chi connectivity index (χ2v) is 5.84. The van der Waals surface area contributed by atoms with Crippen LogP contribution in [0.2, 0.25) is 0 Å². The molecule has 1 amide bonds. The van der Waals surface area contributed by atoms with E-state index in [0.717, 1.165) is 22.7 Å². The molecule has 1 atom stereocenters. The minimum absolute atomic E-state index is 0.125. The number of amides is 1. The van der Waals surface area contributed by atoms with Crippen molar-refractivity contribution in [1.82, 2.24) is 30.2 Å². The van der Waals surface area contributed by atoms with E-state index in [1.54, 1.807) is 29.7 Å². The lowest BCUT2D eigenvalue weighted by molar-refractivity contribution is -0.123. The van der Waals surface area contributed by atoms with Crippen LogP contribution in [-0.2, 0) is 18.4 Å². The Kier molecular flexibility index (Phi) is 5.33. The number of rotatable bonds is 7. The van der Waals surface area contributed by atoms with Gasteiger partial charge >= 0.3 is 0 Å². The molecule has 0 saturated carbocycles. The first-order chi connectivity index (χ1) is 12.6. The number of hydrogen-bond acceptors (Lipinski definition) is 5. The van der Waals surface area contributed by atoms with Crippen molar-refractivity contribution in [3.8, 4) is 11.4 Å². The standard InChI is InChI=1S/C18H22N6O2/c1-19-17(13-10-21-23(2)12-13)18(25)20-11-14-8-9-24(22-14)15-4-6-16(26-3)7-5-15/h4-10,12,17,19H,11H2,1-3H3,(H,20,25). The molecular formula is C18H22N6O2. The summed E-state index contributed by atoms with van der Waals surface area (Å²) in [5, 5.41) is 14.5. The lowest BCUT2D eigenvalue weighted by Crippen LogP contribution is -2.35. The molecule has 2 aromatic heterocycles. The summed E-state index contributed by atoms with van der Waals surface area (Å²) in [6.45, 7) is 0.348. The largest absolute Gasteiger partial charge is 0.497 e. The minimum Gasteiger partial charge on any atom is -0.497 e. The van der Waals surface area contributed by atoms with Crippen LogP contribution < -0.4 is 15.4 Å². The van der Waals surface area contributed by atoms with Gasteiger partial charge in [-0.1, -0.05) is 0 Å². The van der Waals surface area contributed by atoms with Crippen molar-refractivity contribution in [1.29, 1.82) is 0 Å². The fourth-order valence-corrected chi connectivity index (χ4v) is 2.65. The first kappa shape index (κ1) is 17.7. The monoisotopic (exact) mass is 354 g/mol. The number of carbonyl (C=O) groups is 1. The number of nitrogens with one attached hydrogen (secondary N) is 2. The molecule has 0 radical (unpaired) electrons. The van der Waals surface area contributed by atoms with Gasteiger partial charge in [0.25, 0.3) is 0 Å². The molecule has 8 nitrogen and oxygen atoms in total. The molecule has 0 spiro atoms. The Morgan fingerprint density at radius 1 is 1.27 bits per heavy atom. The molecule has 2 heterocycles. The van der Waals surface area contributed by atoms with Crippen molar-refractivity contribution < 1.29 is 9.53 Å². The van der Waals surface area contributed by atoms with E-state index < -0.39 is 6.04 Å². The van der Waals surface area contributed by atoms with Gasteiger partial charge < -0.3 is 15.4 Å². The number of hydrogen-bond donors (Lipinski definition) is 2. The van der Waals surface area contributed by atoms with E-state index in [-0.39, 0.29) is 5.91 Å². The topological polar surface area (TPSA) is 86.0 Å².